The SMILES string of the molecule is COc1cc(C=C2SC(=S)N(CCC(=O)N3CCOCC3)C2=O)cc(OC)c1OC. The zero-order valence-corrected chi connectivity index (χ0v) is 18.8. The van der Waals surface area contributed by atoms with Crippen molar-refractivity contribution in [3.05, 3.63) is 22.6 Å². The first-order valence-electron chi connectivity index (χ1n) is 9.39. The van der Waals surface area contributed by atoms with Gasteiger partial charge in [-0.25, -0.2) is 0 Å². The number of methoxy groups -OCH3 is 3. The Kier molecular flexibility index (Phi) is 7.57. The molecule has 0 aromatic heterocycles. The van der Waals surface area contributed by atoms with Gasteiger partial charge >= 0.3 is 0 Å². The van der Waals surface area contributed by atoms with Gasteiger partial charge in [-0.2, -0.15) is 0 Å². The molecule has 3 rings (SSSR count). The summed E-state index contributed by atoms with van der Waals surface area (Å²) in [5.41, 5.74) is 0.717. The number of carbonyl (C=O) groups is 2. The summed E-state index contributed by atoms with van der Waals surface area (Å²) in [5.74, 6) is 1.25. The number of amides is 2. The van der Waals surface area contributed by atoms with Crippen molar-refractivity contribution in [1.82, 2.24) is 9.80 Å². The molecule has 2 saturated heterocycles. The minimum absolute atomic E-state index is 0.000886. The minimum atomic E-state index is -0.214. The second kappa shape index (κ2) is 10.1. The molecule has 8 nitrogen and oxygen atoms in total. The number of nitrogens with zero attached hydrogens (tertiary/aromatic N) is 2. The summed E-state index contributed by atoms with van der Waals surface area (Å²) in [6, 6.07) is 3.52. The Hall–Kier alpha value is -2.30. The first-order chi connectivity index (χ1) is 14.5. The number of carbonyl (C=O) groups excluding carboxylic acids is 2. The van der Waals surface area contributed by atoms with Gasteiger partial charge in [0.1, 0.15) is 4.32 Å². The molecule has 0 atom stereocenters. The second-order valence-corrected chi connectivity index (χ2v) is 8.21. The smallest absolute Gasteiger partial charge is 0.266 e. The molecule has 0 radical (unpaired) electrons. The summed E-state index contributed by atoms with van der Waals surface area (Å²) >= 11 is 6.58. The molecule has 30 heavy (non-hydrogen) atoms. The fourth-order valence-corrected chi connectivity index (χ4v) is 4.52. The Morgan fingerprint density at radius 3 is 2.37 bits per heavy atom. The highest BCUT2D eigenvalue weighted by Gasteiger charge is 2.32. The molecule has 1 aromatic carbocycles. The lowest BCUT2D eigenvalue weighted by Crippen LogP contribution is -2.42. The van der Waals surface area contributed by atoms with Gasteiger partial charge in [0, 0.05) is 26.1 Å². The van der Waals surface area contributed by atoms with Gasteiger partial charge < -0.3 is 23.8 Å². The molecule has 10 heteroatoms. The molecule has 0 spiro atoms. The van der Waals surface area contributed by atoms with Crippen molar-refractivity contribution < 1.29 is 28.5 Å². The van der Waals surface area contributed by atoms with Crippen LogP contribution in [0.4, 0.5) is 0 Å². The molecule has 0 N–H and O–H groups in total. The lowest BCUT2D eigenvalue weighted by atomic mass is 10.1. The number of hydrogen-bond acceptors (Lipinski definition) is 8. The number of thiocarbonyl (C=S) groups is 1. The molecule has 162 valence electrons. The normalized spacial score (nSPS) is 18.2. The summed E-state index contributed by atoms with van der Waals surface area (Å²) in [5, 5.41) is 0. The highest BCUT2D eigenvalue weighted by atomic mass is 32.2. The fourth-order valence-electron chi connectivity index (χ4n) is 3.21. The van der Waals surface area contributed by atoms with E-state index < -0.39 is 0 Å². The third-order valence-corrected chi connectivity index (χ3v) is 6.15. The van der Waals surface area contributed by atoms with E-state index in [0.717, 1.165) is 5.56 Å². The summed E-state index contributed by atoms with van der Waals surface area (Å²) in [4.78, 5) is 28.9. The van der Waals surface area contributed by atoms with Crippen LogP contribution >= 0.6 is 24.0 Å². The molecule has 0 unspecified atom stereocenters. The number of rotatable bonds is 7. The zero-order valence-electron chi connectivity index (χ0n) is 17.1. The molecule has 2 heterocycles. The van der Waals surface area contributed by atoms with Crippen molar-refractivity contribution in [3.63, 3.8) is 0 Å². The minimum Gasteiger partial charge on any atom is -0.493 e. The van der Waals surface area contributed by atoms with Gasteiger partial charge in [0.05, 0.1) is 39.4 Å². The maximum absolute atomic E-state index is 12.9. The van der Waals surface area contributed by atoms with E-state index >= 15 is 0 Å². The van der Waals surface area contributed by atoms with E-state index in [-0.39, 0.29) is 24.8 Å². The van der Waals surface area contributed by atoms with E-state index in [1.54, 1.807) is 23.1 Å². The highest BCUT2D eigenvalue weighted by Crippen LogP contribution is 2.40. The van der Waals surface area contributed by atoms with E-state index in [2.05, 4.69) is 0 Å². The van der Waals surface area contributed by atoms with Crippen molar-refractivity contribution in [2.45, 2.75) is 6.42 Å². The average molecular weight is 453 g/mol. The fraction of sp³-hybridized carbons (Fsp3) is 0.450. The lowest BCUT2D eigenvalue weighted by molar-refractivity contribution is -0.135. The van der Waals surface area contributed by atoms with Crippen LogP contribution in [-0.2, 0) is 14.3 Å². The Bertz CT molecular complexity index is 842. The second-order valence-electron chi connectivity index (χ2n) is 6.54. The molecule has 0 aliphatic carbocycles. The predicted molar refractivity (Wildman–Crippen MR) is 118 cm³/mol. The maximum atomic E-state index is 12.9. The first kappa shape index (κ1) is 22.4. The van der Waals surface area contributed by atoms with Crippen molar-refractivity contribution in [1.29, 1.82) is 0 Å². The van der Waals surface area contributed by atoms with Crippen LogP contribution in [0.15, 0.2) is 17.0 Å². The van der Waals surface area contributed by atoms with Crippen LogP contribution in [0, 0.1) is 0 Å². The van der Waals surface area contributed by atoms with E-state index in [1.165, 1.54) is 38.0 Å². The number of thioether (sulfide) groups is 1. The molecular formula is C20H24N2O6S2. The largest absolute Gasteiger partial charge is 0.493 e. The van der Waals surface area contributed by atoms with E-state index in [4.69, 9.17) is 31.2 Å². The number of hydrogen-bond donors (Lipinski definition) is 0. The van der Waals surface area contributed by atoms with Gasteiger partial charge in [0.25, 0.3) is 5.91 Å². The van der Waals surface area contributed by atoms with Crippen molar-refractivity contribution in [2.75, 3.05) is 54.2 Å². The monoisotopic (exact) mass is 452 g/mol. The van der Waals surface area contributed by atoms with Crippen LogP contribution < -0.4 is 14.2 Å². The number of ether oxygens (including phenoxy) is 4. The Morgan fingerprint density at radius 2 is 1.80 bits per heavy atom. The average Bonchev–Trinajstić information content (AvgIpc) is 3.04. The molecule has 2 amide bonds. The highest BCUT2D eigenvalue weighted by molar-refractivity contribution is 8.26. The topological polar surface area (TPSA) is 77.5 Å². The number of morpholine rings is 1. The lowest BCUT2D eigenvalue weighted by Gasteiger charge is -2.27. The van der Waals surface area contributed by atoms with Gasteiger partial charge in [-0.3, -0.25) is 14.5 Å². The van der Waals surface area contributed by atoms with E-state index in [0.29, 0.717) is 52.8 Å². The standard InChI is InChI=1S/C20H24N2O6S2/c1-25-14-10-13(11-15(26-2)18(14)27-3)12-16-19(24)22(20(29)30-16)5-4-17(23)21-6-8-28-9-7-21/h10-12H,4-9H2,1-3H3. The van der Waals surface area contributed by atoms with E-state index in [1.807, 2.05) is 0 Å². The quantitative estimate of drug-likeness (QED) is 0.460. The van der Waals surface area contributed by atoms with Gasteiger partial charge in [-0.05, 0) is 23.8 Å². The van der Waals surface area contributed by atoms with Crippen LogP contribution in [0.3, 0.4) is 0 Å². The summed E-state index contributed by atoms with van der Waals surface area (Å²) in [6.07, 6.45) is 1.96. The Morgan fingerprint density at radius 1 is 1.17 bits per heavy atom. The van der Waals surface area contributed by atoms with Crippen molar-refractivity contribution in [3.8, 4) is 17.2 Å². The van der Waals surface area contributed by atoms with Gasteiger partial charge in [-0.15, -0.1) is 0 Å². The molecule has 0 saturated carbocycles. The van der Waals surface area contributed by atoms with Crippen LogP contribution in [-0.4, -0.2) is 80.1 Å². The van der Waals surface area contributed by atoms with Crippen molar-refractivity contribution in [2.24, 2.45) is 0 Å². The third-order valence-electron chi connectivity index (χ3n) is 4.77. The third kappa shape index (κ3) is 4.88. The summed E-state index contributed by atoms with van der Waals surface area (Å²) in [7, 11) is 4.60. The van der Waals surface area contributed by atoms with Crippen LogP contribution in [0.1, 0.15) is 12.0 Å². The molecular weight excluding hydrogens is 428 g/mol. The van der Waals surface area contributed by atoms with Gasteiger partial charge in [0.2, 0.25) is 11.7 Å². The van der Waals surface area contributed by atoms with Gasteiger partial charge in [0.15, 0.2) is 11.5 Å². The first-order valence-corrected chi connectivity index (χ1v) is 10.6. The zero-order chi connectivity index (χ0) is 21.7. The molecule has 0 bridgehead atoms. The molecule has 1 aromatic rings. The molecule has 2 aliphatic rings. The summed E-state index contributed by atoms with van der Waals surface area (Å²) in [6.45, 7) is 2.51. The van der Waals surface area contributed by atoms with Crippen molar-refractivity contribution >= 4 is 46.2 Å². The van der Waals surface area contributed by atoms with E-state index in [9.17, 15) is 9.59 Å². The van der Waals surface area contributed by atoms with Crippen LogP contribution in [0.5, 0.6) is 17.2 Å². The Balaban J connectivity index is 1.72. The molecule has 2 fully saturated rings. The summed E-state index contributed by atoms with van der Waals surface area (Å²) < 4.78 is 21.8. The predicted octanol–water partition coefficient (Wildman–Crippen LogP) is 2.16. The maximum Gasteiger partial charge on any atom is 0.266 e. The Labute approximate surface area is 185 Å². The van der Waals surface area contributed by atoms with Crippen LogP contribution in [0.25, 0.3) is 6.08 Å². The van der Waals surface area contributed by atoms with Gasteiger partial charge in [-0.1, -0.05) is 24.0 Å². The van der Waals surface area contributed by atoms with Crippen LogP contribution in [0.2, 0.25) is 0 Å². The number of benzene rings is 1. The molecule has 2 aliphatic heterocycles.